The van der Waals surface area contributed by atoms with Gasteiger partial charge in [0.15, 0.2) is 5.84 Å². The summed E-state index contributed by atoms with van der Waals surface area (Å²) in [6.45, 7) is 2.29. The summed E-state index contributed by atoms with van der Waals surface area (Å²) in [4.78, 5) is 4.43. The van der Waals surface area contributed by atoms with Crippen molar-refractivity contribution in [3.63, 3.8) is 0 Å². The fraction of sp³-hybridized carbons (Fsp3) is 0.0667. The number of nitrogens with one attached hydrogen (secondary N) is 1. The molecule has 0 spiro atoms. The first kappa shape index (κ1) is 29.3. The number of nitrogens with zero attached hydrogens (tertiary/aromatic N) is 3. The number of benzene rings is 6. The van der Waals surface area contributed by atoms with Crippen LogP contribution in [-0.2, 0) is 0 Å². The Labute approximate surface area is 293 Å². The van der Waals surface area contributed by atoms with E-state index in [4.69, 9.17) is 15.6 Å². The van der Waals surface area contributed by atoms with Crippen molar-refractivity contribution >= 4 is 72.3 Å². The molecule has 0 aliphatic heterocycles. The van der Waals surface area contributed by atoms with E-state index < -0.39 is 0 Å². The van der Waals surface area contributed by atoms with Crippen LogP contribution in [-0.4, -0.2) is 20.8 Å². The Hall–Kier alpha value is -6.66. The first-order chi connectivity index (χ1) is 25.1. The smallest absolute Gasteiger partial charge is 0.154 e. The molecule has 1 unspecified atom stereocenters. The number of para-hydroxylation sites is 2. The van der Waals surface area contributed by atoms with Gasteiger partial charge in [-0.3, -0.25) is 5.41 Å². The van der Waals surface area contributed by atoms with Gasteiger partial charge in [0.05, 0.1) is 27.5 Å². The van der Waals surface area contributed by atoms with Crippen molar-refractivity contribution in [2.75, 3.05) is 0 Å². The molecule has 0 saturated carbocycles. The summed E-state index contributed by atoms with van der Waals surface area (Å²) < 4.78 is 11.6. The highest BCUT2D eigenvalue weighted by Gasteiger charge is 2.27. The molecule has 0 saturated heterocycles. The number of fused-ring (bicyclic) bond motifs is 11. The Morgan fingerprint density at radius 2 is 1.33 bits per heavy atom. The summed E-state index contributed by atoms with van der Waals surface area (Å²) in [5.41, 5.74) is 16.5. The molecule has 6 aromatic carbocycles. The fourth-order valence-electron chi connectivity index (χ4n) is 8.10. The molecule has 51 heavy (non-hydrogen) atoms. The zero-order valence-corrected chi connectivity index (χ0v) is 28.0. The van der Waals surface area contributed by atoms with Crippen LogP contribution in [0.2, 0.25) is 0 Å². The highest BCUT2D eigenvalue weighted by atomic mass is 16.3. The van der Waals surface area contributed by atoms with Gasteiger partial charge in [0.25, 0.3) is 0 Å². The Morgan fingerprint density at radius 3 is 2.12 bits per heavy atom. The number of furan rings is 1. The van der Waals surface area contributed by atoms with Crippen molar-refractivity contribution in [2.45, 2.75) is 19.3 Å². The van der Waals surface area contributed by atoms with E-state index in [0.29, 0.717) is 17.3 Å². The zero-order chi connectivity index (χ0) is 34.2. The maximum Gasteiger partial charge on any atom is 0.154 e. The second kappa shape index (κ2) is 11.2. The molecule has 3 heterocycles. The van der Waals surface area contributed by atoms with Crippen LogP contribution in [0.15, 0.2) is 149 Å². The van der Waals surface area contributed by atoms with Gasteiger partial charge in [-0.15, -0.1) is 0 Å². The average molecular weight is 660 g/mol. The van der Waals surface area contributed by atoms with Gasteiger partial charge in [0.2, 0.25) is 0 Å². The van der Waals surface area contributed by atoms with Gasteiger partial charge < -0.3 is 19.3 Å². The van der Waals surface area contributed by atoms with Crippen molar-refractivity contribution < 1.29 is 4.42 Å². The topological polar surface area (TPSA) is 85.2 Å². The highest BCUT2D eigenvalue weighted by molar-refractivity contribution is 6.30. The lowest BCUT2D eigenvalue weighted by molar-refractivity contribution is 0.589. The standard InChI is InChI=1S/C45H33N5O/c1-27-11-10-18-38-39(27)34-24-26-37-41(43(34)51-38)40-36(49(37)30-14-6-3-7-15-30)25-23-33-32-16-8-9-17-35(32)50(42(33)40)31-21-19-29(20-22-31)45(47)48-44(46)28-12-4-2-5-13-28/h2-10,12-27H,11H2,1H3,(H3,46,47,48). The van der Waals surface area contributed by atoms with Gasteiger partial charge in [0.1, 0.15) is 17.2 Å². The van der Waals surface area contributed by atoms with Crippen LogP contribution in [0.1, 0.15) is 41.7 Å². The zero-order valence-electron chi connectivity index (χ0n) is 28.0. The van der Waals surface area contributed by atoms with Crippen molar-refractivity contribution in [1.29, 1.82) is 5.41 Å². The van der Waals surface area contributed by atoms with E-state index in [2.05, 4.69) is 124 Å². The second-order valence-corrected chi connectivity index (χ2v) is 13.4. The van der Waals surface area contributed by atoms with Crippen molar-refractivity contribution in [3.05, 3.63) is 162 Å². The maximum absolute atomic E-state index is 8.75. The molecule has 6 heteroatoms. The fourth-order valence-corrected chi connectivity index (χ4v) is 8.10. The third-order valence-corrected chi connectivity index (χ3v) is 10.4. The van der Waals surface area contributed by atoms with Crippen LogP contribution >= 0.6 is 0 Å². The molecule has 3 aromatic heterocycles. The third-order valence-electron chi connectivity index (χ3n) is 10.4. The normalized spacial score (nSPS) is 14.7. The van der Waals surface area contributed by atoms with E-state index in [1.165, 1.54) is 21.7 Å². The van der Waals surface area contributed by atoms with E-state index in [1.54, 1.807) is 0 Å². The molecule has 244 valence electrons. The molecule has 0 radical (unpaired) electrons. The molecule has 0 bridgehead atoms. The SMILES string of the molecule is CC1CC=Cc2oc3c(ccc4c3c3c(ccc5c6ccccc6n(-c6ccc(C(=N)N=C(N)c7ccccc7)cc6)c53)n4-c3ccccc3)c21. The molecule has 0 fully saturated rings. The quantitative estimate of drug-likeness (QED) is 0.146. The number of aromatic nitrogens is 2. The van der Waals surface area contributed by atoms with Gasteiger partial charge in [-0.05, 0) is 79.1 Å². The van der Waals surface area contributed by atoms with Crippen LogP contribution in [0.3, 0.4) is 0 Å². The summed E-state index contributed by atoms with van der Waals surface area (Å²) in [7, 11) is 0. The minimum Gasteiger partial charge on any atom is -0.456 e. The lowest BCUT2D eigenvalue weighted by Crippen LogP contribution is -2.15. The van der Waals surface area contributed by atoms with E-state index in [0.717, 1.165) is 67.5 Å². The number of rotatable bonds is 4. The van der Waals surface area contributed by atoms with Crippen LogP contribution in [0, 0.1) is 5.41 Å². The summed E-state index contributed by atoms with van der Waals surface area (Å²) >= 11 is 0. The first-order valence-corrected chi connectivity index (χ1v) is 17.3. The number of hydrogen-bond donors (Lipinski definition) is 2. The number of aliphatic imine (C=N–C) groups is 1. The van der Waals surface area contributed by atoms with Gasteiger partial charge in [0, 0.05) is 49.6 Å². The summed E-state index contributed by atoms with van der Waals surface area (Å²) in [6.07, 6.45) is 5.36. The van der Waals surface area contributed by atoms with Crippen molar-refractivity contribution in [3.8, 4) is 11.4 Å². The number of amidine groups is 2. The minimum absolute atomic E-state index is 0.117. The monoisotopic (exact) mass is 659 g/mol. The van der Waals surface area contributed by atoms with E-state index >= 15 is 0 Å². The van der Waals surface area contributed by atoms with E-state index in [-0.39, 0.29) is 5.84 Å². The van der Waals surface area contributed by atoms with Crippen LogP contribution in [0.4, 0.5) is 0 Å². The second-order valence-electron chi connectivity index (χ2n) is 13.4. The van der Waals surface area contributed by atoms with Crippen molar-refractivity contribution in [1.82, 2.24) is 9.13 Å². The van der Waals surface area contributed by atoms with Crippen molar-refractivity contribution in [2.24, 2.45) is 10.7 Å². The number of hydrogen-bond acceptors (Lipinski definition) is 2. The molecule has 3 N–H and O–H groups in total. The van der Waals surface area contributed by atoms with Gasteiger partial charge >= 0.3 is 0 Å². The molecule has 1 atom stereocenters. The van der Waals surface area contributed by atoms with Crippen LogP contribution in [0.25, 0.3) is 72.0 Å². The Balaban J connectivity index is 1.27. The van der Waals surface area contributed by atoms with Gasteiger partial charge in [-0.2, -0.15) is 0 Å². The summed E-state index contributed by atoms with van der Waals surface area (Å²) in [5.74, 6) is 1.77. The molecule has 6 nitrogen and oxygen atoms in total. The average Bonchev–Trinajstić information content (AvgIpc) is 3.84. The molecule has 0 amide bonds. The molecule has 9 aromatic rings. The highest BCUT2D eigenvalue weighted by Crippen LogP contribution is 2.47. The Bertz CT molecular complexity index is 2910. The number of allylic oxidation sites excluding steroid dienone is 1. The van der Waals surface area contributed by atoms with Gasteiger partial charge in [-0.1, -0.05) is 85.8 Å². The van der Waals surface area contributed by atoms with E-state index in [1.807, 2.05) is 42.5 Å². The van der Waals surface area contributed by atoms with E-state index in [9.17, 15) is 0 Å². The number of nitrogens with two attached hydrogens (primary N) is 1. The lowest BCUT2D eigenvalue weighted by atomic mass is 9.90. The maximum atomic E-state index is 8.75. The van der Waals surface area contributed by atoms with Crippen LogP contribution < -0.4 is 5.73 Å². The summed E-state index contributed by atoms with van der Waals surface area (Å²) in [6, 6.07) is 45.9. The predicted octanol–water partition coefficient (Wildman–Crippen LogP) is 10.9. The third kappa shape index (κ3) is 4.36. The summed E-state index contributed by atoms with van der Waals surface area (Å²) in [5, 5.41) is 14.5. The lowest BCUT2D eigenvalue weighted by Gasteiger charge is -2.12. The largest absolute Gasteiger partial charge is 0.456 e. The molecular weight excluding hydrogens is 627 g/mol. The first-order valence-electron chi connectivity index (χ1n) is 17.3. The molecule has 10 rings (SSSR count). The van der Waals surface area contributed by atoms with Gasteiger partial charge in [-0.25, -0.2) is 4.99 Å². The molecular formula is C45H33N5O. The van der Waals surface area contributed by atoms with Crippen LogP contribution in [0.5, 0.6) is 0 Å². The Morgan fingerprint density at radius 1 is 0.667 bits per heavy atom. The molecule has 1 aliphatic carbocycles. The molecule has 1 aliphatic rings. The predicted molar refractivity (Wildman–Crippen MR) is 211 cm³/mol. The Kier molecular flexibility index (Phi) is 6.42. The minimum atomic E-state index is 0.117.